The summed E-state index contributed by atoms with van der Waals surface area (Å²) in [6.07, 6.45) is 5.09. The lowest BCUT2D eigenvalue weighted by Gasteiger charge is -2.08. The molecule has 0 atom stereocenters. The zero-order chi connectivity index (χ0) is 16.9. The van der Waals surface area contributed by atoms with Gasteiger partial charge in [0.15, 0.2) is 5.82 Å². The van der Waals surface area contributed by atoms with Crippen molar-refractivity contribution in [1.29, 1.82) is 0 Å². The standard InChI is InChI=1S/C17H18N4O2S/c1-2-12-9-13-16(19-8-4-6-14(22)23)20-15(21-17(13)24-12)11-5-3-7-18-10-11/h3,5,7,9-10H,2,4,6,8H2,1H3,(H,22,23)(H,19,20,21). The summed E-state index contributed by atoms with van der Waals surface area (Å²) in [6, 6.07) is 5.89. The molecule has 24 heavy (non-hydrogen) atoms. The third kappa shape index (κ3) is 3.68. The molecule has 0 saturated carbocycles. The maximum Gasteiger partial charge on any atom is 0.303 e. The first-order valence-corrected chi connectivity index (χ1v) is 8.65. The fourth-order valence-electron chi connectivity index (χ4n) is 2.35. The predicted molar refractivity (Wildman–Crippen MR) is 95.4 cm³/mol. The quantitative estimate of drug-likeness (QED) is 0.638. The minimum Gasteiger partial charge on any atom is -0.481 e. The van der Waals surface area contributed by atoms with Crippen molar-refractivity contribution in [3.63, 3.8) is 0 Å². The third-order valence-electron chi connectivity index (χ3n) is 3.57. The van der Waals surface area contributed by atoms with E-state index in [0.717, 1.165) is 28.0 Å². The van der Waals surface area contributed by atoms with Crippen molar-refractivity contribution in [3.8, 4) is 11.4 Å². The van der Waals surface area contributed by atoms with E-state index in [0.29, 0.717) is 18.8 Å². The van der Waals surface area contributed by atoms with Gasteiger partial charge in [-0.05, 0) is 31.0 Å². The highest BCUT2D eigenvalue weighted by Gasteiger charge is 2.12. The van der Waals surface area contributed by atoms with Crippen molar-refractivity contribution in [1.82, 2.24) is 15.0 Å². The van der Waals surface area contributed by atoms with Crippen LogP contribution in [0.4, 0.5) is 5.82 Å². The van der Waals surface area contributed by atoms with E-state index in [1.54, 1.807) is 23.7 Å². The summed E-state index contributed by atoms with van der Waals surface area (Å²) in [5.74, 6) is 0.588. The Morgan fingerprint density at radius 2 is 2.25 bits per heavy atom. The number of carboxylic acids is 1. The molecular weight excluding hydrogens is 324 g/mol. The number of rotatable bonds is 7. The van der Waals surface area contributed by atoms with Gasteiger partial charge in [-0.3, -0.25) is 9.78 Å². The average Bonchev–Trinajstić information content (AvgIpc) is 3.02. The number of anilines is 1. The number of carbonyl (C=O) groups is 1. The highest BCUT2D eigenvalue weighted by atomic mass is 32.1. The number of nitrogens with one attached hydrogen (secondary N) is 1. The van der Waals surface area contributed by atoms with Crippen LogP contribution in [0.2, 0.25) is 0 Å². The van der Waals surface area contributed by atoms with Gasteiger partial charge in [-0.25, -0.2) is 9.97 Å². The van der Waals surface area contributed by atoms with E-state index in [1.807, 2.05) is 12.1 Å². The predicted octanol–water partition coefficient (Wildman–Crippen LogP) is 3.59. The van der Waals surface area contributed by atoms with E-state index in [-0.39, 0.29) is 6.42 Å². The van der Waals surface area contributed by atoms with Crippen LogP contribution >= 0.6 is 11.3 Å². The van der Waals surface area contributed by atoms with Crippen LogP contribution in [0, 0.1) is 0 Å². The van der Waals surface area contributed by atoms with Crippen LogP contribution in [-0.4, -0.2) is 32.6 Å². The van der Waals surface area contributed by atoms with Crippen LogP contribution in [0.1, 0.15) is 24.6 Å². The summed E-state index contributed by atoms with van der Waals surface area (Å²) < 4.78 is 0. The minimum absolute atomic E-state index is 0.139. The Balaban J connectivity index is 1.94. The SMILES string of the molecule is CCc1cc2c(NCCCC(=O)O)nc(-c3cccnc3)nc2s1. The van der Waals surface area contributed by atoms with E-state index < -0.39 is 5.97 Å². The summed E-state index contributed by atoms with van der Waals surface area (Å²) in [7, 11) is 0. The molecule has 7 heteroatoms. The summed E-state index contributed by atoms with van der Waals surface area (Å²) in [6.45, 7) is 2.67. The van der Waals surface area contributed by atoms with Crippen LogP contribution in [0.25, 0.3) is 21.6 Å². The summed E-state index contributed by atoms with van der Waals surface area (Å²) in [5, 5.41) is 13.0. The van der Waals surface area contributed by atoms with Crippen LogP contribution in [-0.2, 0) is 11.2 Å². The molecule has 0 amide bonds. The molecule has 3 heterocycles. The Morgan fingerprint density at radius 1 is 1.38 bits per heavy atom. The second kappa shape index (κ2) is 7.35. The Hall–Kier alpha value is -2.54. The van der Waals surface area contributed by atoms with E-state index in [9.17, 15) is 4.79 Å². The normalized spacial score (nSPS) is 10.9. The molecule has 6 nitrogen and oxygen atoms in total. The number of aliphatic carboxylic acids is 1. The van der Waals surface area contributed by atoms with Crippen molar-refractivity contribution in [2.75, 3.05) is 11.9 Å². The van der Waals surface area contributed by atoms with Gasteiger partial charge in [0.1, 0.15) is 10.6 Å². The fourth-order valence-corrected chi connectivity index (χ4v) is 3.32. The van der Waals surface area contributed by atoms with E-state index in [2.05, 4.69) is 33.3 Å². The smallest absolute Gasteiger partial charge is 0.303 e. The molecule has 3 aromatic heterocycles. The Morgan fingerprint density at radius 3 is 2.96 bits per heavy atom. The fraction of sp³-hybridized carbons (Fsp3) is 0.294. The summed E-state index contributed by atoms with van der Waals surface area (Å²) >= 11 is 1.66. The van der Waals surface area contributed by atoms with E-state index in [4.69, 9.17) is 5.11 Å². The first-order chi connectivity index (χ1) is 11.7. The van der Waals surface area contributed by atoms with Crippen LogP contribution < -0.4 is 5.32 Å². The first kappa shape index (κ1) is 16.3. The molecule has 0 aromatic carbocycles. The summed E-state index contributed by atoms with van der Waals surface area (Å²) in [5.41, 5.74) is 0.861. The molecule has 0 spiro atoms. The van der Waals surface area contributed by atoms with Gasteiger partial charge in [0.25, 0.3) is 0 Å². The van der Waals surface area contributed by atoms with Gasteiger partial charge in [-0.2, -0.15) is 0 Å². The van der Waals surface area contributed by atoms with Crippen LogP contribution in [0.15, 0.2) is 30.6 Å². The molecule has 3 rings (SSSR count). The van der Waals surface area contributed by atoms with E-state index >= 15 is 0 Å². The van der Waals surface area contributed by atoms with Gasteiger partial charge in [-0.1, -0.05) is 6.92 Å². The number of aromatic nitrogens is 3. The minimum atomic E-state index is -0.788. The molecule has 0 unspecified atom stereocenters. The van der Waals surface area contributed by atoms with Crippen molar-refractivity contribution < 1.29 is 9.90 Å². The zero-order valence-electron chi connectivity index (χ0n) is 13.3. The molecule has 0 radical (unpaired) electrons. The molecule has 0 saturated heterocycles. The highest BCUT2D eigenvalue weighted by Crippen LogP contribution is 2.31. The zero-order valence-corrected chi connectivity index (χ0v) is 14.1. The molecule has 0 aliphatic rings. The number of thiophene rings is 1. The van der Waals surface area contributed by atoms with Crippen molar-refractivity contribution in [2.24, 2.45) is 0 Å². The average molecular weight is 342 g/mol. The van der Waals surface area contributed by atoms with Crippen LogP contribution in [0.5, 0.6) is 0 Å². The number of fused-ring (bicyclic) bond motifs is 1. The van der Waals surface area contributed by atoms with E-state index in [1.165, 1.54) is 4.88 Å². The number of carboxylic acid groups (broad SMARTS) is 1. The molecule has 0 bridgehead atoms. The molecule has 0 fully saturated rings. The molecule has 2 N–H and O–H groups in total. The molecule has 3 aromatic rings. The van der Waals surface area contributed by atoms with Gasteiger partial charge in [0.05, 0.1) is 5.39 Å². The first-order valence-electron chi connectivity index (χ1n) is 7.84. The van der Waals surface area contributed by atoms with Gasteiger partial charge in [0, 0.05) is 35.8 Å². The summed E-state index contributed by atoms with van der Waals surface area (Å²) in [4.78, 5) is 26.2. The number of pyridine rings is 1. The molecular formula is C17H18N4O2S. The third-order valence-corrected chi connectivity index (χ3v) is 4.75. The van der Waals surface area contributed by atoms with Gasteiger partial charge in [-0.15, -0.1) is 11.3 Å². The maximum atomic E-state index is 10.6. The lowest BCUT2D eigenvalue weighted by Crippen LogP contribution is -2.07. The lowest BCUT2D eigenvalue weighted by molar-refractivity contribution is -0.137. The number of nitrogens with zero attached hydrogens (tertiary/aromatic N) is 3. The van der Waals surface area contributed by atoms with Crippen LogP contribution in [0.3, 0.4) is 0 Å². The lowest BCUT2D eigenvalue weighted by atomic mass is 10.2. The van der Waals surface area contributed by atoms with Gasteiger partial charge in [0.2, 0.25) is 0 Å². The molecule has 0 aliphatic carbocycles. The topological polar surface area (TPSA) is 88.0 Å². The molecule has 124 valence electrons. The maximum absolute atomic E-state index is 10.6. The molecule has 0 aliphatic heterocycles. The Kier molecular flexibility index (Phi) is 5.00. The largest absolute Gasteiger partial charge is 0.481 e. The monoisotopic (exact) mass is 342 g/mol. The number of hydrogen-bond acceptors (Lipinski definition) is 6. The van der Waals surface area contributed by atoms with Crippen molar-refractivity contribution in [2.45, 2.75) is 26.2 Å². The number of hydrogen-bond donors (Lipinski definition) is 2. The highest BCUT2D eigenvalue weighted by molar-refractivity contribution is 7.18. The van der Waals surface area contributed by atoms with Gasteiger partial charge >= 0.3 is 5.97 Å². The number of aryl methyl sites for hydroxylation is 1. The second-order valence-electron chi connectivity index (χ2n) is 5.35. The van der Waals surface area contributed by atoms with Gasteiger partial charge < -0.3 is 10.4 Å². The van der Waals surface area contributed by atoms with Crippen molar-refractivity contribution >= 4 is 33.3 Å². The van der Waals surface area contributed by atoms with Crippen molar-refractivity contribution in [3.05, 3.63) is 35.5 Å². The Labute approximate surface area is 143 Å². The Bertz CT molecular complexity index is 848. The second-order valence-corrected chi connectivity index (χ2v) is 6.46.